The van der Waals surface area contributed by atoms with Gasteiger partial charge in [0.1, 0.15) is 5.82 Å². The number of guanidine groups is 1. The summed E-state index contributed by atoms with van der Waals surface area (Å²) in [4.78, 5) is 24.4. The Morgan fingerprint density at radius 2 is 1.93 bits per heavy atom. The van der Waals surface area contributed by atoms with E-state index in [-0.39, 0.29) is 11.7 Å². The van der Waals surface area contributed by atoms with E-state index in [1.807, 2.05) is 30.3 Å². The number of nitrogens with zero attached hydrogens (tertiary/aromatic N) is 4. The number of fused-ring (bicyclic) bond motifs is 2. The molecule has 7 heteroatoms. The number of carbonyl (C=O) groups excluding carboxylic acids is 1. The van der Waals surface area contributed by atoms with Crippen LogP contribution in [0, 0.1) is 5.82 Å². The van der Waals surface area contributed by atoms with Crippen molar-refractivity contribution in [3.8, 4) is 0 Å². The molecule has 0 aliphatic carbocycles. The second-order valence-electron chi connectivity index (χ2n) is 7.83. The molecule has 3 aliphatic heterocycles. The lowest BCUT2D eigenvalue weighted by Gasteiger charge is -2.42. The Balaban J connectivity index is 1.41. The van der Waals surface area contributed by atoms with E-state index < -0.39 is 0 Å². The molecule has 0 aromatic heterocycles. The molecule has 0 saturated heterocycles. The van der Waals surface area contributed by atoms with Gasteiger partial charge in [0.2, 0.25) is 5.96 Å². The van der Waals surface area contributed by atoms with Crippen LogP contribution in [-0.2, 0) is 17.9 Å². The van der Waals surface area contributed by atoms with Gasteiger partial charge in [-0.25, -0.2) is 4.39 Å². The summed E-state index contributed by atoms with van der Waals surface area (Å²) in [6.07, 6.45) is 0.804. The molecular formula is C23H22BrFN4O. The number of aliphatic imine (C=N–C) groups is 1. The van der Waals surface area contributed by atoms with E-state index in [0.717, 1.165) is 52.3 Å². The van der Waals surface area contributed by atoms with Gasteiger partial charge in [0.25, 0.3) is 5.91 Å². The van der Waals surface area contributed by atoms with Crippen LogP contribution in [0.4, 0.5) is 4.39 Å². The van der Waals surface area contributed by atoms with Gasteiger partial charge in [0.05, 0.1) is 18.7 Å². The quantitative estimate of drug-likeness (QED) is 0.685. The van der Waals surface area contributed by atoms with Crippen molar-refractivity contribution in [2.75, 3.05) is 26.2 Å². The van der Waals surface area contributed by atoms with Crippen molar-refractivity contribution in [1.82, 2.24) is 14.7 Å². The molecule has 1 amide bonds. The second-order valence-corrected chi connectivity index (χ2v) is 8.69. The minimum Gasteiger partial charge on any atom is -0.314 e. The third kappa shape index (κ3) is 3.56. The average Bonchev–Trinajstić information content (AvgIpc) is 3.22. The first-order chi connectivity index (χ1) is 14.6. The number of benzene rings is 2. The molecule has 0 atom stereocenters. The molecule has 0 spiro atoms. The highest BCUT2D eigenvalue weighted by Crippen LogP contribution is 2.32. The van der Waals surface area contributed by atoms with Crippen LogP contribution in [0.25, 0.3) is 0 Å². The van der Waals surface area contributed by atoms with Gasteiger partial charge in [0.15, 0.2) is 0 Å². The molecule has 3 heterocycles. The Kier molecular flexibility index (Phi) is 5.16. The third-order valence-corrected chi connectivity index (χ3v) is 6.64. The van der Waals surface area contributed by atoms with Crippen LogP contribution >= 0.6 is 15.9 Å². The predicted octanol–water partition coefficient (Wildman–Crippen LogP) is 3.76. The molecule has 0 radical (unpaired) electrons. The zero-order valence-electron chi connectivity index (χ0n) is 16.5. The smallest absolute Gasteiger partial charge is 0.259 e. The van der Waals surface area contributed by atoms with Gasteiger partial charge >= 0.3 is 0 Å². The van der Waals surface area contributed by atoms with Crippen molar-refractivity contribution < 1.29 is 9.18 Å². The summed E-state index contributed by atoms with van der Waals surface area (Å²) >= 11 is 3.59. The molecule has 154 valence electrons. The van der Waals surface area contributed by atoms with Gasteiger partial charge in [-0.15, -0.1) is 0 Å². The fourth-order valence-corrected chi connectivity index (χ4v) is 4.85. The van der Waals surface area contributed by atoms with Gasteiger partial charge in [0, 0.05) is 42.8 Å². The highest BCUT2D eigenvalue weighted by Gasteiger charge is 2.41. The van der Waals surface area contributed by atoms with E-state index in [1.165, 1.54) is 6.07 Å². The molecule has 3 aliphatic rings. The largest absolute Gasteiger partial charge is 0.314 e. The van der Waals surface area contributed by atoms with Crippen LogP contribution in [0.2, 0.25) is 0 Å². The maximum absolute atomic E-state index is 13.6. The summed E-state index contributed by atoms with van der Waals surface area (Å²) in [5, 5.41) is 0. The van der Waals surface area contributed by atoms with Crippen molar-refractivity contribution in [2.45, 2.75) is 19.5 Å². The van der Waals surface area contributed by atoms with Gasteiger partial charge in [-0.1, -0.05) is 46.3 Å². The standard InChI is InChI=1S/C23H22BrFN4O/c24-20-7-2-1-5-17(20)14-29-22(30)19-15-27(13-16-4-3-6-18(25)12-16)10-8-21(19)28-11-9-26-23(28)29/h1-7,12H,8-11,13-15H2. The predicted molar refractivity (Wildman–Crippen MR) is 117 cm³/mol. The highest BCUT2D eigenvalue weighted by molar-refractivity contribution is 9.10. The first-order valence-corrected chi connectivity index (χ1v) is 11.0. The fourth-order valence-electron chi connectivity index (χ4n) is 4.44. The summed E-state index contributed by atoms with van der Waals surface area (Å²) in [7, 11) is 0. The SMILES string of the molecule is O=C1C2=C(CCN(Cc3cccc(F)c3)C2)N2CCN=C2N1Cc1ccccc1Br. The van der Waals surface area contributed by atoms with Crippen molar-refractivity contribution in [2.24, 2.45) is 4.99 Å². The first kappa shape index (κ1) is 19.5. The Morgan fingerprint density at radius 3 is 2.77 bits per heavy atom. The molecule has 0 unspecified atom stereocenters. The number of carbonyl (C=O) groups is 1. The number of hydrogen-bond donors (Lipinski definition) is 0. The summed E-state index contributed by atoms with van der Waals surface area (Å²) in [6.45, 7) is 4.05. The normalized spacial score (nSPS) is 19.1. The molecule has 0 bridgehead atoms. The molecule has 2 aromatic rings. The minimum atomic E-state index is -0.226. The van der Waals surface area contributed by atoms with Crippen LogP contribution in [0.5, 0.6) is 0 Å². The first-order valence-electron chi connectivity index (χ1n) is 10.2. The van der Waals surface area contributed by atoms with Crippen molar-refractivity contribution in [1.29, 1.82) is 0 Å². The lowest BCUT2D eigenvalue weighted by molar-refractivity contribution is -0.125. The average molecular weight is 469 g/mol. The highest BCUT2D eigenvalue weighted by atomic mass is 79.9. The van der Waals surface area contributed by atoms with Crippen LogP contribution in [0.1, 0.15) is 17.5 Å². The second kappa shape index (κ2) is 7.96. The lowest BCUT2D eigenvalue weighted by atomic mass is 10.00. The molecule has 5 rings (SSSR count). The topological polar surface area (TPSA) is 39.2 Å². The van der Waals surface area contributed by atoms with Crippen molar-refractivity contribution in [3.63, 3.8) is 0 Å². The monoisotopic (exact) mass is 468 g/mol. The van der Waals surface area contributed by atoms with Crippen LogP contribution in [0.15, 0.2) is 69.3 Å². The Hall–Kier alpha value is -2.51. The number of rotatable bonds is 4. The number of hydrogen-bond acceptors (Lipinski definition) is 4. The molecule has 5 nitrogen and oxygen atoms in total. The van der Waals surface area contributed by atoms with Gasteiger partial charge in [-0.3, -0.25) is 19.6 Å². The van der Waals surface area contributed by atoms with E-state index in [1.54, 1.807) is 17.0 Å². The number of halogens is 2. The van der Waals surface area contributed by atoms with E-state index in [2.05, 4.69) is 30.7 Å². The van der Waals surface area contributed by atoms with Crippen LogP contribution in [-0.4, -0.2) is 52.7 Å². The molecule has 30 heavy (non-hydrogen) atoms. The van der Waals surface area contributed by atoms with Crippen LogP contribution < -0.4 is 0 Å². The minimum absolute atomic E-state index is 0.0293. The van der Waals surface area contributed by atoms with Crippen molar-refractivity contribution in [3.05, 3.63) is 81.2 Å². The maximum atomic E-state index is 13.6. The summed E-state index contributed by atoms with van der Waals surface area (Å²) < 4.78 is 14.6. The zero-order chi connectivity index (χ0) is 20.7. The van der Waals surface area contributed by atoms with Crippen LogP contribution in [0.3, 0.4) is 0 Å². The van der Waals surface area contributed by atoms with Gasteiger partial charge in [-0.2, -0.15) is 0 Å². The Bertz CT molecular complexity index is 1070. The Morgan fingerprint density at radius 1 is 1.07 bits per heavy atom. The Labute approximate surface area is 183 Å². The molecule has 0 N–H and O–H groups in total. The molecule has 2 aromatic carbocycles. The fraction of sp³-hybridized carbons (Fsp3) is 0.304. The third-order valence-electron chi connectivity index (χ3n) is 5.87. The molecule has 0 saturated carbocycles. The van der Waals surface area contributed by atoms with E-state index in [0.29, 0.717) is 26.2 Å². The molecule has 0 fully saturated rings. The summed E-state index contributed by atoms with van der Waals surface area (Å²) in [5.74, 6) is 0.574. The number of amides is 1. The van der Waals surface area contributed by atoms with Gasteiger partial charge in [-0.05, 0) is 29.3 Å². The lowest BCUT2D eigenvalue weighted by Crippen LogP contribution is -2.53. The summed E-state index contributed by atoms with van der Waals surface area (Å²) in [6, 6.07) is 14.7. The molecular weight excluding hydrogens is 447 g/mol. The summed E-state index contributed by atoms with van der Waals surface area (Å²) in [5.41, 5.74) is 3.92. The van der Waals surface area contributed by atoms with E-state index >= 15 is 0 Å². The van der Waals surface area contributed by atoms with E-state index in [9.17, 15) is 9.18 Å². The maximum Gasteiger partial charge on any atom is 0.259 e. The zero-order valence-corrected chi connectivity index (χ0v) is 18.1. The van der Waals surface area contributed by atoms with E-state index in [4.69, 9.17) is 0 Å². The van der Waals surface area contributed by atoms with Gasteiger partial charge < -0.3 is 4.90 Å². The van der Waals surface area contributed by atoms with Crippen molar-refractivity contribution >= 4 is 27.8 Å².